The van der Waals surface area contributed by atoms with Gasteiger partial charge in [0.1, 0.15) is 5.75 Å². The number of anilines is 1. The predicted octanol–water partition coefficient (Wildman–Crippen LogP) is 3.08. The third kappa shape index (κ3) is 6.17. The van der Waals surface area contributed by atoms with Crippen LogP contribution in [0.3, 0.4) is 0 Å². The van der Waals surface area contributed by atoms with E-state index in [9.17, 15) is 35.6 Å². The average Bonchev–Trinajstić information content (AvgIpc) is 2.66. The van der Waals surface area contributed by atoms with Gasteiger partial charge >= 0.3 is 18.3 Å². The average molecular weight is 435 g/mol. The van der Waals surface area contributed by atoms with Crippen LogP contribution in [-0.4, -0.2) is 39.3 Å². The molecule has 0 bridgehead atoms. The highest BCUT2D eigenvalue weighted by atomic mass is 32.2. The summed E-state index contributed by atoms with van der Waals surface area (Å²) in [5.41, 5.74) is -0.0518. The third-order valence-corrected chi connectivity index (χ3v) is 4.73. The van der Waals surface area contributed by atoms with Crippen molar-refractivity contribution >= 4 is 27.4 Å². The lowest BCUT2D eigenvalue weighted by Crippen LogP contribution is -2.21. The number of rotatable bonds is 8. The molecule has 156 valence electrons. The molecule has 0 aliphatic carbocycles. The van der Waals surface area contributed by atoms with Gasteiger partial charge in [-0.3, -0.25) is 4.79 Å². The summed E-state index contributed by atoms with van der Waals surface area (Å²) in [6.07, 6.45) is 0. The van der Waals surface area contributed by atoms with Crippen LogP contribution in [-0.2, 0) is 19.4 Å². The summed E-state index contributed by atoms with van der Waals surface area (Å²) in [6, 6.07) is 8.70. The van der Waals surface area contributed by atoms with Gasteiger partial charge in [0.15, 0.2) is 6.61 Å². The first-order chi connectivity index (χ1) is 13.6. The van der Waals surface area contributed by atoms with Crippen molar-refractivity contribution in [3.05, 3.63) is 54.1 Å². The Labute approximate surface area is 162 Å². The summed E-state index contributed by atoms with van der Waals surface area (Å²) in [6.45, 7) is -3.82. The van der Waals surface area contributed by atoms with Crippen LogP contribution in [0.15, 0.2) is 53.4 Å². The molecule has 0 radical (unpaired) electrons. The molecule has 1 N–H and O–H groups in total. The molecule has 0 fully saturated rings. The molecule has 2 aromatic rings. The van der Waals surface area contributed by atoms with E-state index >= 15 is 0 Å². The highest BCUT2D eigenvalue weighted by molar-refractivity contribution is 7.91. The summed E-state index contributed by atoms with van der Waals surface area (Å²) in [7, 11) is -4.76. The highest BCUT2D eigenvalue weighted by Gasteiger charge is 2.26. The minimum Gasteiger partial charge on any atom is -0.452 e. The monoisotopic (exact) mass is 435 g/mol. The van der Waals surface area contributed by atoms with Crippen molar-refractivity contribution in [3.8, 4) is 5.75 Å². The lowest BCUT2D eigenvalue weighted by molar-refractivity contribution is -0.119. The number of alkyl halides is 4. The van der Waals surface area contributed by atoms with Gasteiger partial charge in [-0.05, 0) is 42.5 Å². The molecule has 0 atom stereocenters. The predicted molar refractivity (Wildman–Crippen MR) is 91.6 cm³/mol. The molecule has 29 heavy (non-hydrogen) atoms. The molecule has 0 heterocycles. The molecule has 0 aliphatic rings. The maximum absolute atomic E-state index is 12.5. The van der Waals surface area contributed by atoms with Crippen LogP contribution >= 0.6 is 0 Å². The Bertz CT molecular complexity index is 980. The van der Waals surface area contributed by atoms with E-state index < -0.39 is 45.6 Å². The summed E-state index contributed by atoms with van der Waals surface area (Å²) >= 11 is 0. The van der Waals surface area contributed by atoms with Crippen molar-refractivity contribution in [3.63, 3.8) is 0 Å². The van der Waals surface area contributed by atoms with Crippen molar-refractivity contribution in [2.75, 3.05) is 11.9 Å². The van der Waals surface area contributed by atoms with Gasteiger partial charge in [-0.15, -0.1) is 0 Å². The fourth-order valence-corrected chi connectivity index (χ4v) is 2.76. The van der Waals surface area contributed by atoms with Crippen LogP contribution in [0.2, 0.25) is 0 Å². The second kappa shape index (κ2) is 9.37. The first-order valence-corrected chi connectivity index (χ1v) is 9.28. The fraction of sp³-hybridized carbons (Fsp3) is 0.176. The van der Waals surface area contributed by atoms with E-state index in [0.717, 1.165) is 30.3 Å². The fourth-order valence-electron chi connectivity index (χ4n) is 2.04. The number of carbonyl (C=O) groups excluding carboxylic acids is 2. The second-order valence-corrected chi connectivity index (χ2v) is 7.28. The number of nitrogens with one attached hydrogen (secondary N) is 1. The van der Waals surface area contributed by atoms with E-state index in [1.807, 2.05) is 0 Å². The van der Waals surface area contributed by atoms with Crippen LogP contribution in [0.1, 0.15) is 10.4 Å². The minimum absolute atomic E-state index is 0.0756. The van der Waals surface area contributed by atoms with Crippen molar-refractivity contribution in [1.29, 1.82) is 0 Å². The van der Waals surface area contributed by atoms with Crippen LogP contribution in [0.4, 0.5) is 23.2 Å². The van der Waals surface area contributed by atoms with Gasteiger partial charge < -0.3 is 14.8 Å². The lowest BCUT2D eigenvalue weighted by Gasteiger charge is -2.09. The summed E-state index contributed by atoms with van der Waals surface area (Å²) < 4.78 is 80.8. The van der Waals surface area contributed by atoms with Gasteiger partial charge in [0.2, 0.25) is 9.84 Å². The van der Waals surface area contributed by atoms with E-state index in [0.29, 0.717) is 0 Å². The number of esters is 1. The normalized spacial score (nSPS) is 11.4. The number of ether oxygens (including phenoxy) is 2. The standard InChI is InChI=1S/C17H13F4NO6S/c18-16(19)28-12-3-1-2-10(8-12)15(24)27-9-14(23)22-11-4-6-13(7-5-11)29(25,26)17(20)21/h1-8,16-17H,9H2,(H,22,23). The third-order valence-electron chi connectivity index (χ3n) is 3.33. The number of halogens is 4. The molecule has 0 saturated heterocycles. The maximum atomic E-state index is 12.5. The second-order valence-electron chi connectivity index (χ2n) is 5.36. The molecule has 2 rings (SSSR count). The van der Waals surface area contributed by atoms with E-state index in [1.54, 1.807) is 0 Å². The molecule has 0 unspecified atom stereocenters. The number of sulfone groups is 1. The Kier molecular flexibility index (Phi) is 7.15. The Morgan fingerprint density at radius 3 is 2.24 bits per heavy atom. The van der Waals surface area contributed by atoms with E-state index in [1.165, 1.54) is 18.2 Å². The topological polar surface area (TPSA) is 98.8 Å². The summed E-state index contributed by atoms with van der Waals surface area (Å²) in [5, 5.41) is 2.27. The first-order valence-electron chi connectivity index (χ1n) is 7.73. The van der Waals surface area contributed by atoms with Crippen molar-refractivity contribution in [2.24, 2.45) is 0 Å². The van der Waals surface area contributed by atoms with Gasteiger partial charge in [-0.1, -0.05) is 6.07 Å². The number of amides is 1. The molecule has 12 heteroatoms. The van der Waals surface area contributed by atoms with Gasteiger partial charge in [-0.25, -0.2) is 13.2 Å². The lowest BCUT2D eigenvalue weighted by atomic mass is 10.2. The van der Waals surface area contributed by atoms with Crippen molar-refractivity contribution in [1.82, 2.24) is 0 Å². The van der Waals surface area contributed by atoms with Crippen LogP contribution in [0.5, 0.6) is 5.75 Å². The Hall–Kier alpha value is -3.15. The van der Waals surface area contributed by atoms with Gasteiger partial charge in [0.25, 0.3) is 5.91 Å². The molecule has 1 amide bonds. The van der Waals surface area contributed by atoms with E-state index in [4.69, 9.17) is 4.74 Å². The summed E-state index contributed by atoms with van der Waals surface area (Å²) in [4.78, 5) is 23.1. The Balaban J connectivity index is 1.92. The zero-order chi connectivity index (χ0) is 21.6. The Morgan fingerprint density at radius 1 is 1.00 bits per heavy atom. The van der Waals surface area contributed by atoms with Crippen molar-refractivity contribution < 1.29 is 45.0 Å². The number of hydrogen-bond donors (Lipinski definition) is 1. The molecule has 0 saturated carbocycles. The molecule has 0 aromatic heterocycles. The van der Waals surface area contributed by atoms with Gasteiger partial charge in [0.05, 0.1) is 10.5 Å². The minimum atomic E-state index is -4.76. The maximum Gasteiger partial charge on any atom is 0.387 e. The molecule has 0 spiro atoms. The number of hydrogen-bond acceptors (Lipinski definition) is 6. The smallest absolute Gasteiger partial charge is 0.387 e. The molecule has 2 aromatic carbocycles. The SMILES string of the molecule is O=C(COC(=O)c1cccc(OC(F)F)c1)Nc1ccc(S(=O)(=O)C(F)F)cc1. The largest absolute Gasteiger partial charge is 0.452 e. The van der Waals surface area contributed by atoms with E-state index in [-0.39, 0.29) is 17.0 Å². The Morgan fingerprint density at radius 2 is 1.66 bits per heavy atom. The van der Waals surface area contributed by atoms with Gasteiger partial charge in [-0.2, -0.15) is 17.6 Å². The van der Waals surface area contributed by atoms with Crippen molar-refractivity contribution in [2.45, 2.75) is 17.3 Å². The summed E-state index contributed by atoms with van der Waals surface area (Å²) in [5.74, 6) is -5.62. The van der Waals surface area contributed by atoms with Gasteiger partial charge in [0, 0.05) is 5.69 Å². The van der Waals surface area contributed by atoms with Crippen LogP contribution < -0.4 is 10.1 Å². The number of carbonyl (C=O) groups is 2. The zero-order valence-corrected chi connectivity index (χ0v) is 15.2. The van der Waals surface area contributed by atoms with E-state index in [2.05, 4.69) is 10.1 Å². The first kappa shape index (κ1) is 22.1. The quantitative estimate of drug-likeness (QED) is 0.506. The van der Waals surface area contributed by atoms with Crippen LogP contribution in [0, 0.1) is 0 Å². The molecular weight excluding hydrogens is 422 g/mol. The van der Waals surface area contributed by atoms with Crippen LogP contribution in [0.25, 0.3) is 0 Å². The molecular formula is C17H13F4NO6S. The number of benzene rings is 2. The molecule has 0 aliphatic heterocycles. The molecule has 7 nitrogen and oxygen atoms in total. The highest BCUT2D eigenvalue weighted by Crippen LogP contribution is 2.20. The zero-order valence-electron chi connectivity index (χ0n) is 14.4.